The Morgan fingerprint density at radius 2 is 2.19 bits per heavy atom. The first-order chi connectivity index (χ1) is 9.82. The van der Waals surface area contributed by atoms with Crippen LogP contribution >= 0.6 is 0 Å². The summed E-state index contributed by atoms with van der Waals surface area (Å²) in [5, 5.41) is 18.9. The molecule has 2 amide bonds. The standard InChI is InChI=1S/C12H19N5O4/c1-12(2,21-3)7-13-11(20)16-4-8(5-16)17-6-9(10(18)19)14-15-17/h6,8H,4-5,7H2,1-3H3,(H,13,20)(H,18,19). The van der Waals surface area contributed by atoms with Gasteiger partial charge in [0.05, 0.1) is 17.8 Å². The fraction of sp³-hybridized carbons (Fsp3) is 0.667. The van der Waals surface area contributed by atoms with Gasteiger partial charge < -0.3 is 20.1 Å². The summed E-state index contributed by atoms with van der Waals surface area (Å²) in [6.45, 7) is 5.13. The lowest BCUT2D eigenvalue weighted by Gasteiger charge is -2.39. The molecule has 0 saturated carbocycles. The van der Waals surface area contributed by atoms with Crippen LogP contribution in [0.2, 0.25) is 0 Å². The van der Waals surface area contributed by atoms with Gasteiger partial charge in [-0.05, 0) is 13.8 Å². The molecule has 0 radical (unpaired) electrons. The van der Waals surface area contributed by atoms with Crippen LogP contribution in [-0.2, 0) is 4.74 Å². The minimum atomic E-state index is -1.11. The second-order valence-corrected chi connectivity index (χ2v) is 5.57. The monoisotopic (exact) mass is 297 g/mol. The number of hydrogen-bond donors (Lipinski definition) is 2. The van der Waals surface area contributed by atoms with E-state index in [-0.39, 0.29) is 17.8 Å². The number of rotatable bonds is 5. The fourth-order valence-corrected chi connectivity index (χ4v) is 1.81. The van der Waals surface area contributed by atoms with Gasteiger partial charge >= 0.3 is 12.0 Å². The summed E-state index contributed by atoms with van der Waals surface area (Å²) in [5.41, 5.74) is -0.512. The van der Waals surface area contributed by atoms with Gasteiger partial charge in [-0.25, -0.2) is 14.3 Å². The predicted molar refractivity (Wildman–Crippen MR) is 72.1 cm³/mol. The van der Waals surface area contributed by atoms with Crippen molar-refractivity contribution in [1.29, 1.82) is 0 Å². The molecule has 2 heterocycles. The lowest BCUT2D eigenvalue weighted by atomic mass is 10.1. The van der Waals surface area contributed by atoms with Gasteiger partial charge in [-0.2, -0.15) is 0 Å². The first-order valence-corrected chi connectivity index (χ1v) is 6.55. The van der Waals surface area contributed by atoms with Crippen molar-refractivity contribution in [3.63, 3.8) is 0 Å². The Labute approximate surface area is 121 Å². The van der Waals surface area contributed by atoms with Crippen LogP contribution in [0.5, 0.6) is 0 Å². The van der Waals surface area contributed by atoms with Crippen molar-refractivity contribution in [2.45, 2.75) is 25.5 Å². The summed E-state index contributed by atoms with van der Waals surface area (Å²) in [5.74, 6) is -1.11. The Kier molecular flexibility index (Phi) is 4.12. The molecule has 1 saturated heterocycles. The van der Waals surface area contributed by atoms with Crippen LogP contribution in [0.25, 0.3) is 0 Å². The predicted octanol–water partition coefficient (Wildman–Crippen LogP) is -0.0324. The van der Waals surface area contributed by atoms with Gasteiger partial charge in [0.15, 0.2) is 5.69 Å². The maximum absolute atomic E-state index is 11.9. The van der Waals surface area contributed by atoms with E-state index in [2.05, 4.69) is 15.6 Å². The molecule has 0 aliphatic carbocycles. The molecule has 1 aliphatic rings. The van der Waals surface area contributed by atoms with Gasteiger partial charge in [0.25, 0.3) is 0 Å². The molecule has 0 unspecified atom stereocenters. The van der Waals surface area contributed by atoms with Crippen molar-refractivity contribution < 1.29 is 19.4 Å². The number of likely N-dealkylation sites (tertiary alicyclic amines) is 1. The van der Waals surface area contributed by atoms with E-state index in [9.17, 15) is 9.59 Å². The molecule has 0 spiro atoms. The summed E-state index contributed by atoms with van der Waals surface area (Å²) >= 11 is 0. The molecule has 9 nitrogen and oxygen atoms in total. The highest BCUT2D eigenvalue weighted by Crippen LogP contribution is 2.20. The molecule has 116 valence electrons. The Morgan fingerprint density at radius 1 is 1.52 bits per heavy atom. The zero-order valence-corrected chi connectivity index (χ0v) is 12.2. The molecule has 1 aliphatic heterocycles. The number of aromatic nitrogens is 3. The van der Waals surface area contributed by atoms with Gasteiger partial charge in [0, 0.05) is 26.7 Å². The maximum atomic E-state index is 11.9. The van der Waals surface area contributed by atoms with Crippen LogP contribution in [0.1, 0.15) is 30.4 Å². The first kappa shape index (κ1) is 15.2. The number of hydrogen-bond acceptors (Lipinski definition) is 5. The number of carboxylic acid groups (broad SMARTS) is 1. The maximum Gasteiger partial charge on any atom is 0.358 e. The number of carbonyl (C=O) groups is 2. The normalized spacial score (nSPS) is 15.7. The van der Waals surface area contributed by atoms with Crippen LogP contribution in [-0.4, -0.2) is 69.3 Å². The zero-order valence-electron chi connectivity index (χ0n) is 12.2. The van der Waals surface area contributed by atoms with Gasteiger partial charge in [-0.15, -0.1) is 5.10 Å². The molecular weight excluding hydrogens is 278 g/mol. The van der Waals surface area contributed by atoms with E-state index in [1.807, 2.05) is 13.8 Å². The van der Waals surface area contributed by atoms with E-state index in [0.717, 1.165) is 0 Å². The molecule has 1 fully saturated rings. The van der Waals surface area contributed by atoms with Crippen molar-refractivity contribution in [3.8, 4) is 0 Å². The van der Waals surface area contributed by atoms with Crippen molar-refractivity contribution in [2.24, 2.45) is 0 Å². The van der Waals surface area contributed by atoms with E-state index < -0.39 is 11.6 Å². The van der Waals surface area contributed by atoms with Gasteiger partial charge in [0.1, 0.15) is 0 Å². The number of nitrogens with one attached hydrogen (secondary N) is 1. The average molecular weight is 297 g/mol. The molecule has 1 aromatic rings. The van der Waals surface area contributed by atoms with Crippen LogP contribution in [0.4, 0.5) is 4.79 Å². The fourth-order valence-electron chi connectivity index (χ4n) is 1.81. The molecular formula is C12H19N5O4. The van der Waals surface area contributed by atoms with E-state index in [0.29, 0.717) is 19.6 Å². The lowest BCUT2D eigenvalue weighted by molar-refractivity contribution is 0.0226. The highest BCUT2D eigenvalue weighted by Gasteiger charge is 2.33. The molecule has 9 heteroatoms. The smallest absolute Gasteiger partial charge is 0.358 e. The third-order valence-electron chi connectivity index (χ3n) is 3.47. The van der Waals surface area contributed by atoms with Crippen LogP contribution in [0.3, 0.4) is 0 Å². The van der Waals surface area contributed by atoms with Crippen LogP contribution in [0.15, 0.2) is 6.20 Å². The van der Waals surface area contributed by atoms with Crippen molar-refractivity contribution in [3.05, 3.63) is 11.9 Å². The van der Waals surface area contributed by atoms with Gasteiger partial charge in [0.2, 0.25) is 0 Å². The molecule has 0 aromatic carbocycles. The average Bonchev–Trinajstić information content (AvgIpc) is 2.84. The number of amides is 2. The van der Waals surface area contributed by atoms with Crippen molar-refractivity contribution in [1.82, 2.24) is 25.2 Å². The summed E-state index contributed by atoms with van der Waals surface area (Å²) in [6, 6.07) is -0.207. The quantitative estimate of drug-likeness (QED) is 0.789. The van der Waals surface area contributed by atoms with Crippen molar-refractivity contribution in [2.75, 3.05) is 26.7 Å². The van der Waals surface area contributed by atoms with Crippen molar-refractivity contribution >= 4 is 12.0 Å². The highest BCUT2D eigenvalue weighted by atomic mass is 16.5. The number of aromatic carboxylic acids is 1. The summed E-state index contributed by atoms with van der Waals surface area (Å²) in [4.78, 5) is 24.2. The molecule has 1 aromatic heterocycles. The number of ether oxygens (including phenoxy) is 1. The largest absolute Gasteiger partial charge is 0.476 e. The van der Waals surface area contributed by atoms with Gasteiger partial charge in [-0.1, -0.05) is 5.21 Å². The van der Waals surface area contributed by atoms with Crippen LogP contribution < -0.4 is 5.32 Å². The Hall–Kier alpha value is -2.16. The third kappa shape index (κ3) is 3.48. The minimum absolute atomic E-state index is 0.0354. The second-order valence-electron chi connectivity index (χ2n) is 5.57. The number of nitrogens with zero attached hydrogens (tertiary/aromatic N) is 4. The minimum Gasteiger partial charge on any atom is -0.476 e. The molecule has 2 rings (SSSR count). The molecule has 0 atom stereocenters. The van der Waals surface area contributed by atoms with E-state index in [1.165, 1.54) is 10.9 Å². The Bertz CT molecular complexity index is 536. The molecule has 21 heavy (non-hydrogen) atoms. The topological polar surface area (TPSA) is 110 Å². The number of urea groups is 1. The summed E-state index contributed by atoms with van der Waals surface area (Å²) in [6.07, 6.45) is 1.37. The Balaban J connectivity index is 1.80. The van der Waals surface area contributed by atoms with E-state index in [1.54, 1.807) is 12.0 Å². The van der Waals surface area contributed by atoms with Gasteiger partial charge in [-0.3, -0.25) is 0 Å². The molecule has 0 bridgehead atoms. The first-order valence-electron chi connectivity index (χ1n) is 6.55. The highest BCUT2D eigenvalue weighted by molar-refractivity contribution is 5.84. The number of carbonyl (C=O) groups excluding carboxylic acids is 1. The molecule has 2 N–H and O–H groups in total. The number of carboxylic acids is 1. The SMILES string of the molecule is COC(C)(C)CNC(=O)N1CC(n2cc(C(=O)O)nn2)C1. The van der Waals surface area contributed by atoms with Crippen LogP contribution in [0, 0.1) is 0 Å². The second kappa shape index (κ2) is 5.68. The lowest BCUT2D eigenvalue weighted by Crippen LogP contribution is -2.56. The van der Waals surface area contributed by atoms with E-state index >= 15 is 0 Å². The summed E-state index contributed by atoms with van der Waals surface area (Å²) < 4.78 is 6.70. The summed E-state index contributed by atoms with van der Waals surface area (Å²) in [7, 11) is 1.59. The third-order valence-corrected chi connectivity index (χ3v) is 3.47. The zero-order chi connectivity index (χ0) is 15.6. The Morgan fingerprint density at radius 3 is 2.71 bits per heavy atom. The van der Waals surface area contributed by atoms with E-state index in [4.69, 9.17) is 9.84 Å². The number of methoxy groups -OCH3 is 1.